The summed E-state index contributed by atoms with van der Waals surface area (Å²) < 4.78 is 55.7. The van der Waals surface area contributed by atoms with Crippen molar-refractivity contribution in [3.05, 3.63) is 59.6 Å². The highest BCUT2D eigenvalue weighted by Gasteiger charge is 2.28. The topological polar surface area (TPSA) is 105 Å². The van der Waals surface area contributed by atoms with Crippen LogP contribution < -0.4 is 9.44 Å². The van der Waals surface area contributed by atoms with Gasteiger partial charge >= 0.3 is 0 Å². The highest BCUT2D eigenvalue weighted by atomic mass is 32.2. The first-order valence-electron chi connectivity index (χ1n) is 9.07. The molecule has 1 aliphatic carbocycles. The van der Waals surface area contributed by atoms with E-state index in [0.717, 1.165) is 27.8 Å². The molecule has 1 aromatic heterocycles. The predicted octanol–water partition coefficient (Wildman–Crippen LogP) is 3.84. The van der Waals surface area contributed by atoms with Crippen LogP contribution in [-0.2, 0) is 20.0 Å². The maximum absolute atomic E-state index is 12.6. The number of aromatic nitrogens is 1. The summed E-state index contributed by atoms with van der Waals surface area (Å²) in [5.41, 5.74) is 1.38. The number of nitrogens with one attached hydrogen (secondary N) is 2. The van der Waals surface area contributed by atoms with Crippen molar-refractivity contribution in [1.29, 1.82) is 0 Å². The SMILES string of the molecule is Cc1csc(Sc2ccc(NS(=O)(=O)c3ccc(S(=O)(=O)NC4CC4)cc3)cc2)n1. The van der Waals surface area contributed by atoms with Crippen LogP contribution in [0.2, 0.25) is 0 Å². The van der Waals surface area contributed by atoms with Gasteiger partial charge in [0, 0.05) is 27.7 Å². The maximum atomic E-state index is 12.6. The first-order valence-corrected chi connectivity index (χ1v) is 13.7. The highest BCUT2D eigenvalue weighted by molar-refractivity contribution is 8.01. The number of hydrogen-bond donors (Lipinski definition) is 2. The van der Waals surface area contributed by atoms with Crippen LogP contribution >= 0.6 is 23.1 Å². The molecule has 0 unspecified atom stereocenters. The second-order valence-corrected chi connectivity index (χ2v) is 12.4. The van der Waals surface area contributed by atoms with Gasteiger partial charge in [0.2, 0.25) is 10.0 Å². The van der Waals surface area contributed by atoms with Gasteiger partial charge in [-0.25, -0.2) is 26.5 Å². The van der Waals surface area contributed by atoms with Gasteiger partial charge in [-0.3, -0.25) is 4.72 Å². The number of thiazole rings is 1. The summed E-state index contributed by atoms with van der Waals surface area (Å²) in [5, 5.41) is 1.98. The molecule has 30 heavy (non-hydrogen) atoms. The number of anilines is 1. The molecular formula is C19H19N3O4S4. The quantitative estimate of drug-likeness (QED) is 0.506. The summed E-state index contributed by atoms with van der Waals surface area (Å²) in [5.74, 6) is 0. The van der Waals surface area contributed by atoms with E-state index >= 15 is 0 Å². The van der Waals surface area contributed by atoms with Gasteiger partial charge in [0.15, 0.2) is 4.34 Å². The Labute approximate surface area is 184 Å². The van der Waals surface area contributed by atoms with E-state index in [0.29, 0.717) is 5.69 Å². The summed E-state index contributed by atoms with van der Waals surface area (Å²) in [4.78, 5) is 5.38. The third kappa shape index (κ3) is 5.22. The molecule has 0 atom stereocenters. The fourth-order valence-corrected chi connectivity index (χ4v) is 6.75. The molecule has 11 heteroatoms. The Hall–Kier alpha value is -1.92. The molecule has 2 aromatic carbocycles. The number of hydrogen-bond acceptors (Lipinski definition) is 7. The van der Waals surface area contributed by atoms with Gasteiger partial charge in [-0.1, -0.05) is 11.8 Å². The Morgan fingerprint density at radius 1 is 0.933 bits per heavy atom. The zero-order chi connectivity index (χ0) is 21.4. The van der Waals surface area contributed by atoms with Crippen molar-refractivity contribution in [2.75, 3.05) is 4.72 Å². The fourth-order valence-electron chi connectivity index (χ4n) is 2.57. The average molecular weight is 482 g/mol. The zero-order valence-electron chi connectivity index (χ0n) is 15.9. The molecule has 1 heterocycles. The second-order valence-electron chi connectivity index (χ2n) is 6.85. The summed E-state index contributed by atoms with van der Waals surface area (Å²) in [6.45, 7) is 1.93. The van der Waals surface area contributed by atoms with E-state index in [9.17, 15) is 16.8 Å². The van der Waals surface area contributed by atoms with Crippen molar-refractivity contribution in [1.82, 2.24) is 9.71 Å². The summed E-state index contributed by atoms with van der Waals surface area (Å²) >= 11 is 3.07. The lowest BCUT2D eigenvalue weighted by molar-refractivity contribution is 0.580. The van der Waals surface area contributed by atoms with E-state index in [4.69, 9.17) is 0 Å². The molecule has 2 N–H and O–H groups in total. The predicted molar refractivity (Wildman–Crippen MR) is 118 cm³/mol. The first kappa shape index (κ1) is 21.3. The molecular weight excluding hydrogens is 462 g/mol. The molecule has 0 amide bonds. The number of sulfonamides is 2. The Morgan fingerprint density at radius 2 is 1.53 bits per heavy atom. The van der Waals surface area contributed by atoms with Crippen LogP contribution in [0.1, 0.15) is 18.5 Å². The van der Waals surface area contributed by atoms with E-state index in [1.807, 2.05) is 24.4 Å². The standard InChI is InChI=1S/C19H19N3O4S4/c1-13-12-27-19(20-13)28-16-6-4-15(5-7-16)22-30(25,26)18-10-8-17(9-11-18)29(23,24)21-14-2-3-14/h4-12,14,21-22H,2-3H2,1H3. The Morgan fingerprint density at radius 3 is 2.07 bits per heavy atom. The van der Waals surface area contributed by atoms with E-state index in [2.05, 4.69) is 14.4 Å². The molecule has 3 aromatic rings. The van der Waals surface area contributed by atoms with Crippen LogP contribution in [0.15, 0.2) is 72.9 Å². The smallest absolute Gasteiger partial charge is 0.261 e. The van der Waals surface area contributed by atoms with Crippen LogP contribution in [0, 0.1) is 6.92 Å². The first-order chi connectivity index (χ1) is 14.2. The minimum atomic E-state index is -3.84. The van der Waals surface area contributed by atoms with E-state index < -0.39 is 20.0 Å². The molecule has 0 spiro atoms. The van der Waals surface area contributed by atoms with Gasteiger partial charge < -0.3 is 0 Å². The van der Waals surface area contributed by atoms with Gasteiger partial charge in [0.1, 0.15) is 0 Å². The van der Waals surface area contributed by atoms with Crippen LogP contribution in [0.3, 0.4) is 0 Å². The minimum absolute atomic E-state index is 0.00964. The Balaban J connectivity index is 1.44. The van der Waals surface area contributed by atoms with Gasteiger partial charge in [0.05, 0.1) is 9.79 Å². The molecule has 1 aliphatic rings. The lowest BCUT2D eigenvalue weighted by atomic mass is 10.3. The normalized spacial score (nSPS) is 14.6. The lowest BCUT2D eigenvalue weighted by Crippen LogP contribution is -2.25. The van der Waals surface area contributed by atoms with Gasteiger partial charge in [-0.2, -0.15) is 0 Å². The van der Waals surface area contributed by atoms with Crippen LogP contribution in [-0.4, -0.2) is 27.9 Å². The van der Waals surface area contributed by atoms with Crippen molar-refractivity contribution in [3.63, 3.8) is 0 Å². The van der Waals surface area contributed by atoms with Crippen molar-refractivity contribution in [2.45, 2.75) is 44.8 Å². The number of nitrogens with zero attached hydrogens (tertiary/aromatic N) is 1. The second kappa shape index (κ2) is 8.31. The molecule has 7 nitrogen and oxygen atoms in total. The van der Waals surface area contributed by atoms with E-state index in [-0.39, 0.29) is 15.8 Å². The Bertz CT molecular complexity index is 1250. The van der Waals surface area contributed by atoms with Crippen molar-refractivity contribution >= 4 is 48.8 Å². The minimum Gasteiger partial charge on any atom is -0.280 e. The number of rotatable bonds is 8. The monoisotopic (exact) mass is 481 g/mol. The fraction of sp³-hybridized carbons (Fsp3) is 0.211. The third-order valence-corrected chi connectivity index (χ3v) is 9.25. The molecule has 0 aliphatic heterocycles. The number of aryl methyl sites for hydroxylation is 1. The number of benzene rings is 2. The lowest BCUT2D eigenvalue weighted by Gasteiger charge is -2.10. The third-order valence-electron chi connectivity index (χ3n) is 4.25. The van der Waals surface area contributed by atoms with Crippen molar-refractivity contribution in [3.8, 4) is 0 Å². The van der Waals surface area contributed by atoms with Gasteiger partial charge in [-0.15, -0.1) is 11.3 Å². The molecule has 0 bridgehead atoms. The molecule has 0 saturated heterocycles. The largest absolute Gasteiger partial charge is 0.280 e. The van der Waals surface area contributed by atoms with Crippen LogP contribution in [0.4, 0.5) is 5.69 Å². The summed E-state index contributed by atoms with van der Waals surface area (Å²) in [7, 11) is -7.46. The van der Waals surface area contributed by atoms with Gasteiger partial charge in [-0.05, 0) is 68.3 Å². The van der Waals surface area contributed by atoms with E-state index in [1.54, 1.807) is 23.5 Å². The van der Waals surface area contributed by atoms with Crippen molar-refractivity contribution in [2.24, 2.45) is 0 Å². The zero-order valence-corrected chi connectivity index (χ0v) is 19.2. The molecule has 1 fully saturated rings. The maximum Gasteiger partial charge on any atom is 0.261 e. The summed E-state index contributed by atoms with van der Waals surface area (Å²) in [6.07, 6.45) is 1.66. The molecule has 0 radical (unpaired) electrons. The summed E-state index contributed by atoms with van der Waals surface area (Å²) in [6, 6.07) is 12.2. The molecule has 1 saturated carbocycles. The van der Waals surface area contributed by atoms with Crippen LogP contribution in [0.5, 0.6) is 0 Å². The van der Waals surface area contributed by atoms with E-state index in [1.165, 1.54) is 36.0 Å². The van der Waals surface area contributed by atoms with Gasteiger partial charge in [0.25, 0.3) is 10.0 Å². The van der Waals surface area contributed by atoms with Crippen molar-refractivity contribution < 1.29 is 16.8 Å². The average Bonchev–Trinajstić information content (AvgIpc) is 3.41. The molecule has 4 rings (SSSR count). The molecule has 158 valence electrons. The Kier molecular flexibility index (Phi) is 5.90. The van der Waals surface area contributed by atoms with Crippen LogP contribution in [0.25, 0.3) is 0 Å². The highest BCUT2D eigenvalue weighted by Crippen LogP contribution is 2.31.